The average Bonchev–Trinajstić information content (AvgIpc) is 3.16. The van der Waals surface area contributed by atoms with Crippen molar-refractivity contribution in [2.45, 2.75) is 25.9 Å². The summed E-state index contributed by atoms with van der Waals surface area (Å²) in [7, 11) is 0. The van der Waals surface area contributed by atoms with Crippen LogP contribution in [0.15, 0.2) is 42.5 Å². The molecular weight excluding hydrogens is 443 g/mol. The highest BCUT2D eigenvalue weighted by molar-refractivity contribution is 14.1. The Labute approximate surface area is 166 Å². The van der Waals surface area contributed by atoms with E-state index >= 15 is 0 Å². The minimum atomic E-state index is -0.234. The van der Waals surface area contributed by atoms with Gasteiger partial charge in [0, 0.05) is 22.3 Å². The van der Waals surface area contributed by atoms with Crippen LogP contribution in [-0.4, -0.2) is 31.1 Å². The number of halogens is 1. The third kappa shape index (κ3) is 4.62. The van der Waals surface area contributed by atoms with Crippen molar-refractivity contribution in [1.29, 1.82) is 0 Å². The van der Waals surface area contributed by atoms with Crippen LogP contribution in [0.25, 0.3) is 0 Å². The molecule has 0 bridgehead atoms. The molecule has 5 nitrogen and oxygen atoms in total. The van der Waals surface area contributed by atoms with E-state index in [0.717, 1.165) is 28.6 Å². The van der Waals surface area contributed by atoms with Gasteiger partial charge in [0.2, 0.25) is 0 Å². The van der Waals surface area contributed by atoms with Gasteiger partial charge < -0.3 is 15.4 Å². The predicted octanol–water partition coefficient (Wildman–Crippen LogP) is 3.76. The summed E-state index contributed by atoms with van der Waals surface area (Å²) in [4.78, 5) is 25.1. The first-order chi connectivity index (χ1) is 12.5. The number of carbonyl (C=O) groups is 2. The molecular formula is C20H21IN2O3. The summed E-state index contributed by atoms with van der Waals surface area (Å²) in [5.74, 6) is -0.447. The van der Waals surface area contributed by atoms with Crippen LogP contribution < -0.4 is 10.6 Å². The Balaban J connectivity index is 1.70. The van der Waals surface area contributed by atoms with Gasteiger partial charge in [-0.25, -0.2) is 0 Å². The molecule has 1 atom stereocenters. The zero-order chi connectivity index (χ0) is 18.5. The molecule has 0 spiro atoms. The fourth-order valence-corrected chi connectivity index (χ4v) is 3.34. The lowest BCUT2D eigenvalue weighted by Gasteiger charge is -2.14. The number of aryl methyl sites for hydroxylation is 1. The molecule has 0 saturated carbocycles. The molecule has 26 heavy (non-hydrogen) atoms. The minimum absolute atomic E-state index is 0.0790. The van der Waals surface area contributed by atoms with Crippen molar-refractivity contribution < 1.29 is 14.3 Å². The summed E-state index contributed by atoms with van der Waals surface area (Å²) in [6.07, 6.45) is 2.07. The van der Waals surface area contributed by atoms with E-state index in [9.17, 15) is 9.59 Å². The molecule has 1 unspecified atom stereocenters. The monoisotopic (exact) mass is 464 g/mol. The van der Waals surface area contributed by atoms with Crippen molar-refractivity contribution in [1.82, 2.24) is 5.32 Å². The molecule has 0 aromatic heterocycles. The van der Waals surface area contributed by atoms with Crippen LogP contribution in [0.1, 0.15) is 39.1 Å². The van der Waals surface area contributed by atoms with Crippen LogP contribution in [0.5, 0.6) is 0 Å². The highest BCUT2D eigenvalue weighted by Gasteiger charge is 2.18. The van der Waals surface area contributed by atoms with Gasteiger partial charge in [-0.05, 0) is 72.2 Å². The zero-order valence-corrected chi connectivity index (χ0v) is 16.7. The summed E-state index contributed by atoms with van der Waals surface area (Å²) >= 11 is 2.20. The number of para-hydroxylation sites is 1. The summed E-state index contributed by atoms with van der Waals surface area (Å²) in [5, 5.41) is 5.74. The van der Waals surface area contributed by atoms with Crippen molar-refractivity contribution in [2.75, 3.05) is 18.5 Å². The molecule has 2 aromatic rings. The van der Waals surface area contributed by atoms with E-state index in [1.807, 2.05) is 19.1 Å². The maximum absolute atomic E-state index is 12.6. The Morgan fingerprint density at radius 1 is 1.19 bits per heavy atom. The third-order valence-electron chi connectivity index (χ3n) is 4.37. The van der Waals surface area contributed by atoms with Crippen LogP contribution in [0.3, 0.4) is 0 Å². The fourth-order valence-electron chi connectivity index (χ4n) is 2.83. The van der Waals surface area contributed by atoms with E-state index in [0.29, 0.717) is 23.4 Å². The summed E-state index contributed by atoms with van der Waals surface area (Å²) in [5.41, 5.74) is 2.63. The molecule has 1 aliphatic heterocycles. The molecule has 2 N–H and O–H groups in total. The fraction of sp³-hybridized carbons (Fsp3) is 0.300. The van der Waals surface area contributed by atoms with Crippen LogP contribution in [0.2, 0.25) is 0 Å². The van der Waals surface area contributed by atoms with E-state index < -0.39 is 0 Å². The van der Waals surface area contributed by atoms with Gasteiger partial charge in [0.05, 0.1) is 17.4 Å². The van der Waals surface area contributed by atoms with Gasteiger partial charge >= 0.3 is 0 Å². The van der Waals surface area contributed by atoms with E-state index in [4.69, 9.17) is 4.74 Å². The van der Waals surface area contributed by atoms with E-state index in [2.05, 4.69) is 33.2 Å². The Morgan fingerprint density at radius 2 is 2.00 bits per heavy atom. The lowest BCUT2D eigenvalue weighted by atomic mass is 10.1. The molecule has 3 rings (SSSR count). The highest BCUT2D eigenvalue weighted by Crippen LogP contribution is 2.19. The molecule has 0 aliphatic carbocycles. The zero-order valence-electron chi connectivity index (χ0n) is 14.5. The summed E-state index contributed by atoms with van der Waals surface area (Å²) < 4.78 is 6.55. The number of anilines is 1. The van der Waals surface area contributed by atoms with Crippen molar-refractivity contribution in [3.63, 3.8) is 0 Å². The van der Waals surface area contributed by atoms with Gasteiger partial charge in [-0.1, -0.05) is 18.2 Å². The van der Waals surface area contributed by atoms with Crippen molar-refractivity contribution >= 4 is 40.1 Å². The first-order valence-electron chi connectivity index (χ1n) is 8.61. The van der Waals surface area contributed by atoms with Crippen LogP contribution >= 0.6 is 22.6 Å². The maximum atomic E-state index is 12.6. The summed E-state index contributed by atoms with van der Waals surface area (Å²) in [6, 6.07) is 12.6. The molecule has 6 heteroatoms. The molecule has 1 heterocycles. The second-order valence-electron chi connectivity index (χ2n) is 6.31. The lowest BCUT2D eigenvalue weighted by Crippen LogP contribution is -2.32. The molecule has 2 amide bonds. The first-order valence-corrected chi connectivity index (χ1v) is 9.69. The number of carbonyl (C=O) groups excluding carboxylic acids is 2. The largest absolute Gasteiger partial charge is 0.376 e. The van der Waals surface area contributed by atoms with Crippen molar-refractivity contribution in [3.05, 3.63) is 62.7 Å². The van der Waals surface area contributed by atoms with Crippen LogP contribution in [0.4, 0.5) is 5.69 Å². The van der Waals surface area contributed by atoms with Crippen LogP contribution in [0, 0.1) is 10.5 Å². The Kier molecular flexibility index (Phi) is 6.26. The normalized spacial score (nSPS) is 16.3. The van der Waals surface area contributed by atoms with Gasteiger partial charge in [-0.2, -0.15) is 0 Å². The summed E-state index contributed by atoms with van der Waals surface area (Å²) in [6.45, 7) is 3.23. The standard InChI is InChI=1S/C20H21IN2O3/c1-13-8-9-14(11-17(13)21)19(24)23-18-7-3-2-6-16(18)20(25)22-12-15-5-4-10-26-15/h2-3,6-9,11,15H,4-5,10,12H2,1H3,(H,22,25)(H,23,24). The van der Waals surface area contributed by atoms with E-state index in [-0.39, 0.29) is 17.9 Å². The highest BCUT2D eigenvalue weighted by atomic mass is 127. The van der Waals surface area contributed by atoms with Gasteiger partial charge in [0.15, 0.2) is 0 Å². The second kappa shape index (κ2) is 8.64. The molecule has 2 aromatic carbocycles. The molecule has 1 saturated heterocycles. The second-order valence-corrected chi connectivity index (χ2v) is 7.47. The molecule has 1 fully saturated rings. The maximum Gasteiger partial charge on any atom is 0.255 e. The van der Waals surface area contributed by atoms with E-state index in [1.165, 1.54) is 0 Å². The Bertz CT molecular complexity index is 816. The Hall–Kier alpha value is -1.93. The smallest absolute Gasteiger partial charge is 0.255 e. The van der Waals surface area contributed by atoms with Gasteiger partial charge in [0.25, 0.3) is 11.8 Å². The van der Waals surface area contributed by atoms with Gasteiger partial charge in [0.1, 0.15) is 0 Å². The topological polar surface area (TPSA) is 67.4 Å². The third-order valence-corrected chi connectivity index (χ3v) is 5.53. The first kappa shape index (κ1) is 18.8. The van der Waals surface area contributed by atoms with Gasteiger partial charge in [-0.3, -0.25) is 9.59 Å². The number of ether oxygens (including phenoxy) is 1. The number of hydrogen-bond donors (Lipinski definition) is 2. The molecule has 0 radical (unpaired) electrons. The number of nitrogens with one attached hydrogen (secondary N) is 2. The number of hydrogen-bond acceptors (Lipinski definition) is 3. The number of benzene rings is 2. The lowest BCUT2D eigenvalue weighted by molar-refractivity contribution is 0.0858. The van der Waals surface area contributed by atoms with Crippen LogP contribution in [-0.2, 0) is 4.74 Å². The molecule has 1 aliphatic rings. The number of rotatable bonds is 5. The van der Waals surface area contributed by atoms with Crippen molar-refractivity contribution in [3.8, 4) is 0 Å². The van der Waals surface area contributed by atoms with Crippen molar-refractivity contribution in [2.24, 2.45) is 0 Å². The minimum Gasteiger partial charge on any atom is -0.376 e. The quantitative estimate of drug-likeness (QED) is 0.663. The SMILES string of the molecule is Cc1ccc(C(=O)Nc2ccccc2C(=O)NCC2CCCO2)cc1I. The Morgan fingerprint density at radius 3 is 2.73 bits per heavy atom. The van der Waals surface area contributed by atoms with E-state index in [1.54, 1.807) is 30.3 Å². The predicted molar refractivity (Wildman–Crippen MR) is 110 cm³/mol. The number of amides is 2. The average molecular weight is 464 g/mol. The van der Waals surface area contributed by atoms with Gasteiger partial charge in [-0.15, -0.1) is 0 Å². The molecule has 136 valence electrons.